The first kappa shape index (κ1) is 25.8. The normalized spacial score (nSPS) is 14.2. The van der Waals surface area contributed by atoms with E-state index in [-0.39, 0.29) is 11.1 Å². The first-order chi connectivity index (χ1) is 18.1. The third kappa shape index (κ3) is 5.12. The molecule has 8 heteroatoms. The average Bonchev–Trinajstić information content (AvgIpc) is 3.40. The van der Waals surface area contributed by atoms with E-state index >= 15 is 4.39 Å². The second kappa shape index (κ2) is 10.2. The van der Waals surface area contributed by atoms with E-state index in [9.17, 15) is 26.3 Å². The van der Waals surface area contributed by atoms with E-state index in [1.54, 1.807) is 6.07 Å². The van der Waals surface area contributed by atoms with Gasteiger partial charge in [0.05, 0.1) is 0 Å². The second-order valence-electron chi connectivity index (χ2n) is 9.31. The molecule has 0 aliphatic heterocycles. The Morgan fingerprint density at radius 3 is 1.79 bits per heavy atom. The molecule has 1 saturated carbocycles. The molecule has 0 aromatic heterocycles. The predicted octanol–water partition coefficient (Wildman–Crippen LogP) is 9.50. The lowest BCUT2D eigenvalue weighted by molar-refractivity contribution is -0.189. The number of ether oxygens (including phenoxy) is 1. The maximum absolute atomic E-state index is 15.0. The fourth-order valence-electron chi connectivity index (χ4n) is 4.88. The van der Waals surface area contributed by atoms with Crippen LogP contribution >= 0.6 is 0 Å². The summed E-state index contributed by atoms with van der Waals surface area (Å²) in [7, 11) is 0. The van der Waals surface area contributed by atoms with Crippen LogP contribution in [-0.2, 0) is 6.11 Å². The molecule has 0 heterocycles. The van der Waals surface area contributed by atoms with Crippen molar-refractivity contribution in [3.8, 4) is 28.0 Å². The van der Waals surface area contributed by atoms with E-state index < -0.39 is 46.5 Å². The molecular weight excluding hydrogens is 509 g/mol. The average molecular weight is 530 g/mol. The first-order valence-electron chi connectivity index (χ1n) is 12.0. The van der Waals surface area contributed by atoms with Crippen LogP contribution < -0.4 is 4.74 Å². The molecule has 1 aliphatic rings. The van der Waals surface area contributed by atoms with Gasteiger partial charge in [-0.15, -0.1) is 0 Å². The van der Waals surface area contributed by atoms with Gasteiger partial charge >= 0.3 is 6.11 Å². The molecule has 4 aromatic carbocycles. The van der Waals surface area contributed by atoms with Crippen molar-refractivity contribution in [1.29, 1.82) is 0 Å². The summed E-state index contributed by atoms with van der Waals surface area (Å²) in [4.78, 5) is 0. The Bertz CT molecular complexity index is 1450. The van der Waals surface area contributed by atoms with E-state index in [1.807, 2.05) is 24.3 Å². The van der Waals surface area contributed by atoms with Crippen molar-refractivity contribution in [3.05, 3.63) is 113 Å². The summed E-state index contributed by atoms with van der Waals surface area (Å²) in [5.74, 6) is -7.27. The van der Waals surface area contributed by atoms with Gasteiger partial charge in [-0.05, 0) is 71.3 Å². The van der Waals surface area contributed by atoms with Crippen LogP contribution in [0.3, 0.4) is 0 Å². The van der Waals surface area contributed by atoms with Gasteiger partial charge in [0.2, 0.25) is 0 Å². The summed E-state index contributed by atoms with van der Waals surface area (Å²) in [5.41, 5.74) is 0.316. The molecule has 0 bridgehead atoms. The van der Waals surface area contributed by atoms with Gasteiger partial charge in [-0.2, -0.15) is 8.78 Å². The van der Waals surface area contributed by atoms with E-state index in [1.165, 1.54) is 30.5 Å². The summed E-state index contributed by atoms with van der Waals surface area (Å²) < 4.78 is 104. The second-order valence-corrected chi connectivity index (χ2v) is 9.31. The number of alkyl halides is 2. The molecule has 1 fully saturated rings. The summed E-state index contributed by atoms with van der Waals surface area (Å²) in [6, 6.07) is 14.6. The molecular formula is C30H21F7O. The van der Waals surface area contributed by atoms with Crippen LogP contribution in [0.25, 0.3) is 22.3 Å². The summed E-state index contributed by atoms with van der Waals surface area (Å²) in [5, 5.41) is 0. The number of hydrogen-bond acceptors (Lipinski definition) is 1. The van der Waals surface area contributed by atoms with Crippen molar-refractivity contribution in [2.75, 3.05) is 0 Å². The van der Waals surface area contributed by atoms with Crippen LogP contribution in [0.4, 0.5) is 30.7 Å². The van der Waals surface area contributed by atoms with Gasteiger partial charge in [0, 0.05) is 11.6 Å². The molecule has 0 radical (unpaired) electrons. The minimum absolute atomic E-state index is 0.189. The highest BCUT2D eigenvalue weighted by Crippen LogP contribution is 2.39. The minimum atomic E-state index is -4.57. The SMILES string of the molecule is Fc1ccc(OC(F)(F)c2c(F)cc(-c3ccc(-c4ccc(C5CCCC5)cc4)cc3F)cc2F)cc1F. The Hall–Kier alpha value is -3.81. The summed E-state index contributed by atoms with van der Waals surface area (Å²) >= 11 is 0. The van der Waals surface area contributed by atoms with Crippen LogP contribution in [0.15, 0.2) is 72.8 Å². The molecule has 0 N–H and O–H groups in total. The summed E-state index contributed by atoms with van der Waals surface area (Å²) in [6.45, 7) is 0. The molecule has 38 heavy (non-hydrogen) atoms. The van der Waals surface area contributed by atoms with E-state index in [4.69, 9.17) is 0 Å². The zero-order valence-corrected chi connectivity index (χ0v) is 19.9. The lowest BCUT2D eigenvalue weighted by Crippen LogP contribution is -2.25. The van der Waals surface area contributed by atoms with Gasteiger partial charge in [-0.25, -0.2) is 22.0 Å². The topological polar surface area (TPSA) is 9.23 Å². The maximum Gasteiger partial charge on any atom is 0.432 e. The largest absolute Gasteiger partial charge is 0.432 e. The van der Waals surface area contributed by atoms with Gasteiger partial charge in [-0.3, -0.25) is 0 Å². The molecule has 4 aromatic rings. The van der Waals surface area contributed by atoms with Gasteiger partial charge in [0.1, 0.15) is 28.8 Å². The standard InChI is InChI=1S/C30H21F7O/c31-24-12-10-22(16-26(24)33)38-30(36,37)29-27(34)14-21(15-28(29)35)23-11-9-20(13-25(23)32)19-7-5-18(6-8-19)17-3-1-2-4-17/h5-17H,1-4H2. The minimum Gasteiger partial charge on any atom is -0.429 e. The highest BCUT2D eigenvalue weighted by atomic mass is 19.3. The maximum atomic E-state index is 15.0. The highest BCUT2D eigenvalue weighted by Gasteiger charge is 2.41. The highest BCUT2D eigenvalue weighted by molar-refractivity contribution is 5.71. The van der Waals surface area contributed by atoms with Crippen molar-refractivity contribution in [1.82, 2.24) is 0 Å². The zero-order valence-electron chi connectivity index (χ0n) is 19.9. The van der Waals surface area contributed by atoms with Crippen LogP contribution in [-0.4, -0.2) is 0 Å². The number of rotatable bonds is 6. The van der Waals surface area contributed by atoms with Gasteiger partial charge in [0.15, 0.2) is 11.6 Å². The van der Waals surface area contributed by atoms with E-state index in [2.05, 4.69) is 4.74 Å². The quantitative estimate of drug-likeness (QED) is 0.226. The van der Waals surface area contributed by atoms with Crippen molar-refractivity contribution in [2.24, 2.45) is 0 Å². The van der Waals surface area contributed by atoms with Gasteiger partial charge in [0.25, 0.3) is 0 Å². The lowest BCUT2D eigenvalue weighted by atomic mass is 9.94. The smallest absolute Gasteiger partial charge is 0.429 e. The van der Waals surface area contributed by atoms with Crippen molar-refractivity contribution < 1.29 is 35.5 Å². The third-order valence-electron chi connectivity index (χ3n) is 6.82. The monoisotopic (exact) mass is 530 g/mol. The van der Waals surface area contributed by atoms with Crippen LogP contribution in [0.2, 0.25) is 0 Å². The third-order valence-corrected chi connectivity index (χ3v) is 6.82. The molecule has 196 valence electrons. The van der Waals surface area contributed by atoms with Crippen LogP contribution in [0.1, 0.15) is 42.7 Å². The van der Waals surface area contributed by atoms with Crippen molar-refractivity contribution in [3.63, 3.8) is 0 Å². The molecule has 1 aliphatic carbocycles. The van der Waals surface area contributed by atoms with Crippen LogP contribution in [0.5, 0.6) is 5.75 Å². The van der Waals surface area contributed by atoms with Gasteiger partial charge < -0.3 is 4.74 Å². The van der Waals surface area contributed by atoms with E-state index in [0.29, 0.717) is 41.8 Å². The van der Waals surface area contributed by atoms with Gasteiger partial charge in [-0.1, -0.05) is 49.2 Å². The molecule has 0 unspecified atom stereocenters. The van der Waals surface area contributed by atoms with Crippen molar-refractivity contribution >= 4 is 0 Å². The molecule has 0 spiro atoms. The molecule has 1 nitrogen and oxygen atoms in total. The lowest BCUT2D eigenvalue weighted by Gasteiger charge is -2.20. The predicted molar refractivity (Wildman–Crippen MR) is 129 cm³/mol. The number of hydrogen-bond donors (Lipinski definition) is 0. The zero-order chi connectivity index (χ0) is 27.0. The van der Waals surface area contributed by atoms with Crippen LogP contribution in [0, 0.1) is 29.1 Å². The first-order valence-corrected chi connectivity index (χ1v) is 12.0. The Morgan fingerprint density at radius 2 is 1.18 bits per heavy atom. The number of benzene rings is 4. The Morgan fingerprint density at radius 1 is 0.579 bits per heavy atom. The molecule has 0 atom stereocenters. The molecule has 0 amide bonds. The van der Waals surface area contributed by atoms with E-state index in [0.717, 1.165) is 18.4 Å². The Labute approximate surface area is 214 Å². The Balaban J connectivity index is 1.40. The summed E-state index contributed by atoms with van der Waals surface area (Å²) in [6.07, 6.45) is 0.152. The molecule has 0 saturated heterocycles. The fourth-order valence-corrected chi connectivity index (χ4v) is 4.88. The number of halogens is 7. The Kier molecular flexibility index (Phi) is 6.90. The van der Waals surface area contributed by atoms with Crippen molar-refractivity contribution in [2.45, 2.75) is 37.7 Å². The fraction of sp³-hybridized carbons (Fsp3) is 0.200. The molecule has 5 rings (SSSR count).